The molecule has 1 aliphatic heterocycles. The molecule has 8 rings (SSSR count). The fraction of sp³-hybridized carbons (Fsp3) is 0.366. The van der Waals surface area contributed by atoms with Crippen LogP contribution in [0.5, 0.6) is 0 Å². The van der Waals surface area contributed by atoms with Crippen molar-refractivity contribution in [2.75, 3.05) is 50.7 Å². The number of piperazine rings is 1. The number of alkyl halides is 5. The van der Waals surface area contributed by atoms with Gasteiger partial charge in [-0.15, -0.1) is 0 Å². The summed E-state index contributed by atoms with van der Waals surface area (Å²) >= 11 is 0. The van der Waals surface area contributed by atoms with Crippen molar-refractivity contribution < 1.29 is 43.9 Å². The first-order valence-corrected chi connectivity index (χ1v) is 20.9. The van der Waals surface area contributed by atoms with E-state index in [-0.39, 0.29) is 34.8 Å². The average Bonchev–Trinajstić information content (AvgIpc) is 3.39. The Balaban J connectivity index is 1.24. The fourth-order valence-corrected chi connectivity index (χ4v) is 8.85. The number of hydrogen-bond acceptors (Lipinski definition) is 8. The lowest BCUT2D eigenvalue weighted by atomic mass is 9.93. The van der Waals surface area contributed by atoms with Gasteiger partial charge in [0, 0.05) is 67.3 Å². The molecular weight excluding hydrogens is 832 g/mol. The number of likely N-dealkylation sites (N-methyl/N-ethyl adjacent to an activating group) is 1. The number of nitrogens with zero attached hydrogens (tertiary/aromatic N) is 7. The summed E-state index contributed by atoms with van der Waals surface area (Å²) in [6.07, 6.45) is -4.49. The maximum atomic E-state index is 15.6. The predicted molar refractivity (Wildman–Crippen MR) is 211 cm³/mol. The Morgan fingerprint density at radius 1 is 1.02 bits per heavy atom. The van der Waals surface area contributed by atoms with Crippen molar-refractivity contribution in [2.24, 2.45) is 13.0 Å². The van der Waals surface area contributed by atoms with Gasteiger partial charge in [0.25, 0.3) is 5.92 Å². The predicted octanol–water partition coefficient (Wildman–Crippen LogP) is 5.57. The van der Waals surface area contributed by atoms with E-state index >= 15 is 8.78 Å². The number of halogens is 7. The van der Waals surface area contributed by atoms with Crippen molar-refractivity contribution in [3.63, 3.8) is 0 Å². The zero-order valence-corrected chi connectivity index (χ0v) is 33.7. The summed E-state index contributed by atoms with van der Waals surface area (Å²) in [6, 6.07) is 9.60. The average molecular weight is 870 g/mol. The van der Waals surface area contributed by atoms with Gasteiger partial charge in [-0.1, -0.05) is 30.2 Å². The molecule has 2 N–H and O–H groups in total. The van der Waals surface area contributed by atoms with Crippen LogP contribution in [0.4, 0.5) is 36.6 Å². The number of nitrogens with one attached hydrogen (secondary N) is 2. The summed E-state index contributed by atoms with van der Waals surface area (Å²) in [5.41, 5.74) is -1.80. The molecule has 0 spiro atoms. The molecule has 61 heavy (non-hydrogen) atoms. The summed E-state index contributed by atoms with van der Waals surface area (Å²) in [7, 11) is -0.173. The molecule has 1 saturated carbocycles. The lowest BCUT2D eigenvalue weighted by Gasteiger charge is -2.30. The van der Waals surface area contributed by atoms with E-state index in [0.29, 0.717) is 39.3 Å². The van der Waals surface area contributed by atoms with Crippen molar-refractivity contribution in [2.45, 2.75) is 37.0 Å². The molecule has 3 aromatic heterocycles. The Morgan fingerprint density at radius 3 is 2.39 bits per heavy atom. The van der Waals surface area contributed by atoms with Crippen LogP contribution in [0, 0.1) is 29.4 Å². The lowest BCUT2D eigenvalue weighted by Crippen LogP contribution is -2.44. The maximum Gasteiger partial charge on any atom is 0.435 e. The van der Waals surface area contributed by atoms with E-state index in [2.05, 4.69) is 48.5 Å². The highest BCUT2D eigenvalue weighted by molar-refractivity contribution is 7.92. The number of carbonyl (C=O) groups excluding carboxylic acids is 1. The zero-order chi connectivity index (χ0) is 43.8. The van der Waals surface area contributed by atoms with Gasteiger partial charge in [0.05, 0.1) is 36.0 Å². The Labute approximate surface area is 345 Å². The molecule has 2 aromatic carbocycles. The van der Waals surface area contributed by atoms with Crippen molar-refractivity contribution in [3.05, 3.63) is 106 Å². The van der Waals surface area contributed by atoms with Gasteiger partial charge < -0.3 is 10.2 Å². The van der Waals surface area contributed by atoms with Crippen LogP contribution in [0.1, 0.15) is 45.9 Å². The number of carbonyl (C=O) groups is 1. The molecule has 0 bridgehead atoms. The van der Waals surface area contributed by atoms with Gasteiger partial charge in [0.15, 0.2) is 11.5 Å². The third-order valence-electron chi connectivity index (χ3n) is 11.1. The molecule has 0 radical (unpaired) electrons. The van der Waals surface area contributed by atoms with E-state index in [9.17, 15) is 35.2 Å². The van der Waals surface area contributed by atoms with E-state index in [1.807, 2.05) is 7.05 Å². The first-order valence-electron chi connectivity index (χ1n) is 19.0. The minimum atomic E-state index is -5.11. The van der Waals surface area contributed by atoms with Crippen molar-refractivity contribution in [3.8, 4) is 23.0 Å². The number of fused-ring (bicyclic) bond motifs is 4. The van der Waals surface area contributed by atoms with Crippen LogP contribution in [0.3, 0.4) is 0 Å². The van der Waals surface area contributed by atoms with Gasteiger partial charge in [-0.2, -0.15) is 32.1 Å². The van der Waals surface area contributed by atoms with Crippen LogP contribution in [-0.2, 0) is 46.9 Å². The Bertz CT molecular complexity index is 2760. The summed E-state index contributed by atoms with van der Waals surface area (Å²) in [6.45, 7) is 6.14. The molecule has 0 unspecified atom stereocenters. The molecule has 1 amide bonds. The van der Waals surface area contributed by atoms with Crippen LogP contribution < -0.4 is 10.0 Å². The number of anilines is 1. The highest BCUT2D eigenvalue weighted by Crippen LogP contribution is 2.71. The van der Waals surface area contributed by atoms with Crippen LogP contribution in [-0.4, -0.2) is 94.7 Å². The van der Waals surface area contributed by atoms with Gasteiger partial charge in [0.1, 0.15) is 29.6 Å². The highest BCUT2D eigenvalue weighted by Gasteiger charge is 2.71. The molecule has 2 aliphatic carbocycles. The van der Waals surface area contributed by atoms with Crippen molar-refractivity contribution >= 4 is 32.7 Å². The van der Waals surface area contributed by atoms with Crippen molar-refractivity contribution in [1.82, 2.24) is 39.7 Å². The van der Waals surface area contributed by atoms with Crippen LogP contribution in [0.15, 0.2) is 60.7 Å². The van der Waals surface area contributed by atoms with Gasteiger partial charge in [-0.3, -0.25) is 23.8 Å². The Kier molecular flexibility index (Phi) is 10.5. The SMILES string of the molecule is C=C1[C@@H]2c3c(C(F)(F)F)nn(CC(=O)N[C@@H](Cc4cc(F)cc(F)c4)c4nc(C#CCN5CCN(C)CC5)ccc4-c4cccc5c(NS(C)(=O)=O)nn(C)c45)c3C(F)(F)[C@H]12. The second kappa shape index (κ2) is 15.3. The number of rotatable bonds is 10. The smallest absolute Gasteiger partial charge is 0.346 e. The Morgan fingerprint density at radius 2 is 1.72 bits per heavy atom. The molecule has 12 nitrogen and oxygen atoms in total. The third kappa shape index (κ3) is 8.21. The van der Waals surface area contributed by atoms with E-state index in [1.54, 1.807) is 37.4 Å². The topological polar surface area (TPSA) is 130 Å². The van der Waals surface area contributed by atoms with E-state index in [4.69, 9.17) is 4.98 Å². The first kappa shape index (κ1) is 41.9. The van der Waals surface area contributed by atoms with Crippen LogP contribution >= 0.6 is 0 Å². The van der Waals surface area contributed by atoms with Crippen LogP contribution in [0.2, 0.25) is 0 Å². The molecule has 5 aromatic rings. The minimum absolute atomic E-state index is 0.0193. The van der Waals surface area contributed by atoms with Gasteiger partial charge >= 0.3 is 6.18 Å². The molecule has 1 saturated heterocycles. The maximum absolute atomic E-state index is 15.6. The normalized spacial score (nSPS) is 19.3. The fourth-order valence-electron chi connectivity index (χ4n) is 8.35. The monoisotopic (exact) mass is 869 g/mol. The number of aromatic nitrogens is 5. The standard InChI is InChI=1S/C41H38F7N9O3S/c1-22-32-33-37(41(46,47)48)51-57(38(33)40(44,45)34(22)32)21-31(58)50-30(19-23-17-24(42)20-25(43)18-23)35-27(11-10-26(49-35)7-6-12-56-15-13-54(2)14-16-56)28-8-5-9-29-36(28)55(3)52-39(29)53-61(4,59)60/h5,8-11,17-18,20,30,32,34H,1,12-16,19,21H2,2-4H3,(H,50,58)(H,52,53)/t30-,32+,34+/m0/s1. The molecule has 4 heterocycles. The summed E-state index contributed by atoms with van der Waals surface area (Å²) in [5, 5.41) is 10.9. The largest absolute Gasteiger partial charge is 0.435 e. The zero-order valence-electron chi connectivity index (χ0n) is 32.9. The number of allylic oxidation sites excluding steroid dienone is 1. The number of amides is 1. The number of para-hydroxylation sites is 1. The lowest BCUT2D eigenvalue weighted by molar-refractivity contribution is -0.142. The minimum Gasteiger partial charge on any atom is -0.346 e. The van der Waals surface area contributed by atoms with Crippen molar-refractivity contribution in [1.29, 1.82) is 0 Å². The van der Waals surface area contributed by atoms with Crippen LogP contribution in [0.25, 0.3) is 22.0 Å². The molecule has 3 aliphatic rings. The molecule has 3 atom stereocenters. The Hall–Kier alpha value is -5.78. The molecule has 20 heteroatoms. The quantitative estimate of drug-likeness (QED) is 0.106. The summed E-state index contributed by atoms with van der Waals surface area (Å²) in [4.78, 5) is 23.2. The number of aryl methyl sites for hydroxylation is 1. The molecule has 320 valence electrons. The highest BCUT2D eigenvalue weighted by atomic mass is 32.2. The number of sulfonamides is 1. The summed E-state index contributed by atoms with van der Waals surface area (Å²) < 4.78 is 132. The number of pyridine rings is 1. The van der Waals surface area contributed by atoms with Gasteiger partial charge in [0.2, 0.25) is 15.9 Å². The van der Waals surface area contributed by atoms with E-state index < -0.39 is 81.0 Å². The van der Waals surface area contributed by atoms with Gasteiger partial charge in [-0.05, 0) is 55.3 Å². The second-order valence-corrected chi connectivity index (χ2v) is 17.3. The first-order chi connectivity index (χ1) is 28.7. The van der Waals surface area contributed by atoms with E-state index in [1.165, 1.54) is 4.68 Å². The molecular formula is C41H38F7N9O3S. The summed E-state index contributed by atoms with van der Waals surface area (Å²) in [5.74, 6) is -3.35. The second-order valence-electron chi connectivity index (χ2n) is 15.6. The molecule has 2 fully saturated rings. The van der Waals surface area contributed by atoms with Gasteiger partial charge in [-0.25, -0.2) is 22.2 Å². The third-order valence-corrected chi connectivity index (χ3v) is 11.7. The number of benzene rings is 2. The van der Waals surface area contributed by atoms with E-state index in [0.717, 1.165) is 44.6 Å². The number of hydrogen-bond donors (Lipinski definition) is 2.